The van der Waals surface area contributed by atoms with Gasteiger partial charge in [-0.2, -0.15) is 0 Å². The fourth-order valence-electron chi connectivity index (χ4n) is 2.11. The van der Waals surface area contributed by atoms with E-state index in [1.54, 1.807) is 29.6 Å². The summed E-state index contributed by atoms with van der Waals surface area (Å²) in [7, 11) is 1.52. The Bertz CT molecular complexity index is 858. The number of ether oxygens (including phenoxy) is 3. The van der Waals surface area contributed by atoms with Crippen LogP contribution in [0.2, 0.25) is 0 Å². The van der Waals surface area contributed by atoms with Crippen LogP contribution in [0.25, 0.3) is 0 Å². The first kappa shape index (κ1) is 17.0. The number of carbonyl (C=O) groups excluding carboxylic acids is 1. The molecule has 0 saturated heterocycles. The topological polar surface area (TPSA) is 57.7 Å². The number of aromatic nitrogens is 1. The largest absolute Gasteiger partial charge is 0.493 e. The number of methoxy groups -OCH3 is 1. The Morgan fingerprint density at radius 1 is 1.08 bits per heavy atom. The minimum atomic E-state index is -0.526. The molecule has 0 aliphatic rings. The van der Waals surface area contributed by atoms with Crippen molar-refractivity contribution in [3.63, 3.8) is 0 Å². The second kappa shape index (κ2) is 7.81. The molecule has 0 radical (unpaired) electrons. The van der Waals surface area contributed by atoms with E-state index in [9.17, 15) is 4.79 Å². The Morgan fingerprint density at radius 3 is 2.52 bits per heavy atom. The van der Waals surface area contributed by atoms with Gasteiger partial charge in [0, 0.05) is 5.38 Å². The molecule has 0 N–H and O–H groups in total. The third kappa shape index (κ3) is 4.36. The maximum absolute atomic E-state index is 12.2. The van der Waals surface area contributed by atoms with E-state index in [2.05, 4.69) is 4.98 Å². The Labute approximate surface area is 149 Å². The summed E-state index contributed by atoms with van der Waals surface area (Å²) < 4.78 is 16.2. The van der Waals surface area contributed by atoms with Gasteiger partial charge in [0.25, 0.3) is 0 Å². The molecule has 25 heavy (non-hydrogen) atoms. The van der Waals surface area contributed by atoms with Gasteiger partial charge in [0.15, 0.2) is 17.2 Å². The number of carbonyl (C=O) groups is 1. The molecule has 0 amide bonds. The Balaban J connectivity index is 1.62. The lowest BCUT2D eigenvalue weighted by atomic mass is 10.2. The number of hydrogen-bond donors (Lipinski definition) is 0. The van der Waals surface area contributed by atoms with Crippen molar-refractivity contribution in [3.05, 3.63) is 70.2 Å². The van der Waals surface area contributed by atoms with Crippen molar-refractivity contribution in [2.75, 3.05) is 7.11 Å². The highest BCUT2D eigenvalue weighted by atomic mass is 32.1. The molecule has 0 bridgehead atoms. The number of nitrogens with zero attached hydrogens (tertiary/aromatic N) is 1. The summed E-state index contributed by atoms with van der Waals surface area (Å²) in [6.07, 6.45) is 0. The number of rotatable bonds is 6. The highest BCUT2D eigenvalue weighted by molar-refractivity contribution is 7.09. The van der Waals surface area contributed by atoms with Crippen molar-refractivity contribution in [2.45, 2.75) is 13.5 Å². The van der Waals surface area contributed by atoms with E-state index in [1.807, 2.05) is 31.2 Å². The fourth-order valence-corrected chi connectivity index (χ4v) is 2.78. The van der Waals surface area contributed by atoms with E-state index < -0.39 is 5.97 Å². The van der Waals surface area contributed by atoms with Gasteiger partial charge in [-0.1, -0.05) is 29.8 Å². The maximum atomic E-state index is 12.2. The average Bonchev–Trinajstić information content (AvgIpc) is 3.11. The SMILES string of the molecule is COc1ccccc1OC(=O)c1csc(COc2ccc(C)cc2)n1. The van der Waals surface area contributed by atoms with E-state index in [0.717, 1.165) is 5.75 Å². The van der Waals surface area contributed by atoms with Gasteiger partial charge in [0.1, 0.15) is 17.4 Å². The first-order valence-corrected chi connectivity index (χ1v) is 8.53. The summed E-state index contributed by atoms with van der Waals surface area (Å²) >= 11 is 1.35. The fraction of sp³-hybridized carbons (Fsp3) is 0.158. The molecule has 6 heteroatoms. The summed E-state index contributed by atoms with van der Waals surface area (Å²) in [5, 5.41) is 2.36. The first-order valence-electron chi connectivity index (χ1n) is 7.65. The Kier molecular flexibility index (Phi) is 5.30. The molecule has 5 nitrogen and oxygen atoms in total. The van der Waals surface area contributed by atoms with E-state index in [1.165, 1.54) is 24.0 Å². The summed E-state index contributed by atoms with van der Waals surface area (Å²) in [6, 6.07) is 14.7. The van der Waals surface area contributed by atoms with Crippen molar-refractivity contribution in [1.82, 2.24) is 4.98 Å². The minimum absolute atomic E-state index is 0.249. The molecule has 1 aromatic heterocycles. The number of aryl methyl sites for hydroxylation is 1. The normalized spacial score (nSPS) is 10.3. The molecule has 3 rings (SSSR count). The molecule has 0 aliphatic carbocycles. The zero-order valence-corrected chi connectivity index (χ0v) is 14.7. The average molecular weight is 355 g/mol. The van der Waals surface area contributed by atoms with Crippen LogP contribution in [-0.4, -0.2) is 18.1 Å². The third-order valence-electron chi connectivity index (χ3n) is 3.42. The molecule has 1 heterocycles. The second-order valence-corrected chi connectivity index (χ2v) is 6.21. The molecule has 3 aromatic rings. The molecule has 0 atom stereocenters. The van der Waals surface area contributed by atoms with Crippen molar-refractivity contribution in [2.24, 2.45) is 0 Å². The number of para-hydroxylation sites is 2. The molecule has 0 fully saturated rings. The van der Waals surface area contributed by atoms with Gasteiger partial charge in [-0.3, -0.25) is 0 Å². The molecule has 0 spiro atoms. The smallest absolute Gasteiger partial charge is 0.363 e. The summed E-state index contributed by atoms with van der Waals surface area (Å²) in [6.45, 7) is 2.32. The van der Waals surface area contributed by atoms with Crippen LogP contribution in [0, 0.1) is 6.92 Å². The number of thiazole rings is 1. The quantitative estimate of drug-likeness (QED) is 0.488. The zero-order chi connectivity index (χ0) is 17.6. The highest BCUT2D eigenvalue weighted by Crippen LogP contribution is 2.27. The van der Waals surface area contributed by atoms with Gasteiger partial charge in [-0.05, 0) is 31.2 Å². The lowest BCUT2D eigenvalue weighted by Gasteiger charge is -2.07. The summed E-state index contributed by atoms with van der Waals surface area (Å²) in [4.78, 5) is 16.5. The van der Waals surface area contributed by atoms with Crippen LogP contribution in [-0.2, 0) is 6.61 Å². The number of benzene rings is 2. The first-order chi connectivity index (χ1) is 12.2. The molecular weight excluding hydrogens is 338 g/mol. The van der Waals surface area contributed by atoms with Crippen LogP contribution < -0.4 is 14.2 Å². The lowest BCUT2D eigenvalue weighted by molar-refractivity contribution is 0.0724. The van der Waals surface area contributed by atoms with Crippen LogP contribution in [0.5, 0.6) is 17.2 Å². The number of esters is 1. The Hall–Kier alpha value is -2.86. The number of hydrogen-bond acceptors (Lipinski definition) is 6. The van der Waals surface area contributed by atoms with Crippen molar-refractivity contribution in [3.8, 4) is 17.2 Å². The van der Waals surface area contributed by atoms with E-state index in [4.69, 9.17) is 14.2 Å². The van der Waals surface area contributed by atoms with Crippen molar-refractivity contribution < 1.29 is 19.0 Å². The van der Waals surface area contributed by atoms with Crippen LogP contribution in [0.4, 0.5) is 0 Å². The molecule has 128 valence electrons. The van der Waals surface area contributed by atoms with E-state index in [-0.39, 0.29) is 5.69 Å². The molecule has 0 saturated carbocycles. The van der Waals surface area contributed by atoms with Gasteiger partial charge < -0.3 is 14.2 Å². The molecule has 2 aromatic carbocycles. The highest BCUT2D eigenvalue weighted by Gasteiger charge is 2.15. The van der Waals surface area contributed by atoms with Gasteiger partial charge in [0.2, 0.25) is 0 Å². The van der Waals surface area contributed by atoms with Crippen LogP contribution in [0.15, 0.2) is 53.9 Å². The standard InChI is InChI=1S/C19H17NO4S/c1-13-7-9-14(10-8-13)23-11-18-20-15(12-25-18)19(21)24-17-6-4-3-5-16(17)22-2/h3-10,12H,11H2,1-2H3. The van der Waals surface area contributed by atoms with Gasteiger partial charge in [-0.25, -0.2) is 9.78 Å². The minimum Gasteiger partial charge on any atom is -0.493 e. The summed E-state index contributed by atoms with van der Waals surface area (Å²) in [5.41, 5.74) is 1.42. The Morgan fingerprint density at radius 2 is 1.80 bits per heavy atom. The van der Waals surface area contributed by atoms with Gasteiger partial charge in [0.05, 0.1) is 7.11 Å². The predicted molar refractivity (Wildman–Crippen MR) is 95.6 cm³/mol. The lowest BCUT2D eigenvalue weighted by Crippen LogP contribution is -2.10. The second-order valence-electron chi connectivity index (χ2n) is 5.27. The van der Waals surface area contributed by atoms with Gasteiger partial charge in [-0.15, -0.1) is 11.3 Å². The van der Waals surface area contributed by atoms with Crippen molar-refractivity contribution in [1.29, 1.82) is 0 Å². The third-order valence-corrected chi connectivity index (χ3v) is 4.24. The van der Waals surface area contributed by atoms with E-state index in [0.29, 0.717) is 23.1 Å². The molecule has 0 aliphatic heterocycles. The zero-order valence-electron chi connectivity index (χ0n) is 13.9. The van der Waals surface area contributed by atoms with Crippen LogP contribution >= 0.6 is 11.3 Å². The maximum Gasteiger partial charge on any atom is 0.363 e. The monoisotopic (exact) mass is 355 g/mol. The van der Waals surface area contributed by atoms with Crippen LogP contribution in [0.1, 0.15) is 21.1 Å². The predicted octanol–water partition coefficient (Wildman–Crippen LogP) is 4.26. The summed E-state index contributed by atoms with van der Waals surface area (Å²) in [5.74, 6) is 1.09. The van der Waals surface area contributed by atoms with E-state index >= 15 is 0 Å². The molecule has 0 unspecified atom stereocenters. The van der Waals surface area contributed by atoms with Crippen molar-refractivity contribution >= 4 is 17.3 Å². The van der Waals surface area contributed by atoms with Crippen LogP contribution in [0.3, 0.4) is 0 Å². The van der Waals surface area contributed by atoms with Gasteiger partial charge >= 0.3 is 5.97 Å². The molecular formula is C19H17NO4S.